The minimum atomic E-state index is 0.561. The molecular formula is C29H29N3OS. The second-order valence-electron chi connectivity index (χ2n) is 8.24. The van der Waals surface area contributed by atoms with Crippen molar-refractivity contribution in [3.8, 4) is 6.07 Å². The third-order valence-electron chi connectivity index (χ3n) is 5.53. The SMILES string of the molecule is CCCN(CCC)c1ccc(/C=C/C2=CC(=C(/C#N)c3nc4ccccc4s3)/C=C(C)O2)cc1. The predicted octanol–water partition coefficient (Wildman–Crippen LogP) is 7.73. The number of anilines is 1. The van der Waals surface area contributed by atoms with Crippen LogP contribution in [0.15, 0.2) is 83.9 Å². The fourth-order valence-corrected chi connectivity index (χ4v) is 4.97. The average molecular weight is 468 g/mol. The second kappa shape index (κ2) is 11.0. The zero-order chi connectivity index (χ0) is 23.9. The maximum Gasteiger partial charge on any atom is 0.135 e. The number of hydrogen-bond acceptors (Lipinski definition) is 5. The van der Waals surface area contributed by atoms with E-state index in [0.29, 0.717) is 11.3 Å². The molecule has 0 fully saturated rings. The zero-order valence-corrected chi connectivity index (χ0v) is 20.7. The first-order valence-corrected chi connectivity index (χ1v) is 12.5. The van der Waals surface area contributed by atoms with Gasteiger partial charge in [0.05, 0.1) is 15.8 Å². The maximum atomic E-state index is 9.92. The Kier molecular flexibility index (Phi) is 7.61. The van der Waals surface area contributed by atoms with Crippen LogP contribution in [0.5, 0.6) is 0 Å². The van der Waals surface area contributed by atoms with Crippen LogP contribution in [0.2, 0.25) is 0 Å². The van der Waals surface area contributed by atoms with E-state index in [9.17, 15) is 5.26 Å². The molecule has 4 nitrogen and oxygen atoms in total. The smallest absolute Gasteiger partial charge is 0.135 e. The van der Waals surface area contributed by atoms with Gasteiger partial charge in [-0.15, -0.1) is 11.3 Å². The minimum Gasteiger partial charge on any atom is -0.462 e. The lowest BCUT2D eigenvalue weighted by atomic mass is 10.1. The molecule has 34 heavy (non-hydrogen) atoms. The van der Waals surface area contributed by atoms with Gasteiger partial charge in [-0.3, -0.25) is 0 Å². The van der Waals surface area contributed by atoms with Gasteiger partial charge >= 0.3 is 0 Å². The molecule has 0 unspecified atom stereocenters. The molecular weight excluding hydrogens is 438 g/mol. The van der Waals surface area contributed by atoms with Gasteiger partial charge < -0.3 is 9.64 Å². The van der Waals surface area contributed by atoms with Gasteiger partial charge in [0.15, 0.2) is 0 Å². The van der Waals surface area contributed by atoms with Crippen molar-refractivity contribution >= 4 is 38.9 Å². The van der Waals surface area contributed by atoms with Gasteiger partial charge in [-0.05, 0) is 67.8 Å². The highest BCUT2D eigenvalue weighted by atomic mass is 32.1. The van der Waals surface area contributed by atoms with Crippen molar-refractivity contribution in [2.24, 2.45) is 0 Å². The first-order chi connectivity index (χ1) is 16.6. The second-order valence-corrected chi connectivity index (χ2v) is 9.28. The number of nitriles is 1. The van der Waals surface area contributed by atoms with E-state index in [1.54, 1.807) is 0 Å². The summed E-state index contributed by atoms with van der Waals surface area (Å²) in [5.41, 5.74) is 4.65. The number of hydrogen-bond donors (Lipinski definition) is 0. The highest BCUT2D eigenvalue weighted by Crippen LogP contribution is 2.32. The lowest BCUT2D eigenvalue weighted by Gasteiger charge is -2.23. The molecule has 0 amide bonds. The van der Waals surface area contributed by atoms with Crippen LogP contribution in [-0.4, -0.2) is 18.1 Å². The number of nitrogens with zero attached hydrogens (tertiary/aromatic N) is 3. The Hall–Kier alpha value is -3.62. The molecule has 0 aliphatic carbocycles. The van der Waals surface area contributed by atoms with Gasteiger partial charge in [-0.2, -0.15) is 5.26 Å². The summed E-state index contributed by atoms with van der Waals surface area (Å²) in [4.78, 5) is 7.10. The monoisotopic (exact) mass is 467 g/mol. The van der Waals surface area contributed by atoms with Gasteiger partial charge in [0.2, 0.25) is 0 Å². The van der Waals surface area contributed by atoms with Crippen LogP contribution in [0.1, 0.15) is 44.2 Å². The molecule has 2 aromatic carbocycles. The Morgan fingerprint density at radius 3 is 2.44 bits per heavy atom. The van der Waals surface area contributed by atoms with Crippen LogP contribution in [0, 0.1) is 11.3 Å². The fourth-order valence-electron chi connectivity index (χ4n) is 3.98. The summed E-state index contributed by atoms with van der Waals surface area (Å²) >= 11 is 1.53. The maximum absolute atomic E-state index is 9.92. The van der Waals surface area contributed by atoms with E-state index < -0.39 is 0 Å². The first-order valence-electron chi connectivity index (χ1n) is 11.7. The van der Waals surface area contributed by atoms with Crippen LogP contribution in [-0.2, 0) is 4.74 Å². The van der Waals surface area contributed by atoms with Gasteiger partial charge in [-0.25, -0.2) is 4.98 Å². The van der Waals surface area contributed by atoms with E-state index >= 15 is 0 Å². The summed E-state index contributed by atoms with van der Waals surface area (Å²) in [6.07, 6.45) is 10.1. The highest BCUT2D eigenvalue weighted by Gasteiger charge is 2.16. The summed E-state index contributed by atoms with van der Waals surface area (Å²) in [7, 11) is 0. The molecule has 0 saturated carbocycles. The predicted molar refractivity (Wildman–Crippen MR) is 143 cm³/mol. The van der Waals surface area contributed by atoms with Crippen molar-refractivity contribution < 1.29 is 4.74 Å². The number of para-hydroxylation sites is 1. The number of fused-ring (bicyclic) bond motifs is 1. The lowest BCUT2D eigenvalue weighted by molar-refractivity contribution is 0.318. The molecule has 0 atom stereocenters. The van der Waals surface area contributed by atoms with Crippen molar-refractivity contribution in [2.45, 2.75) is 33.6 Å². The summed E-state index contributed by atoms with van der Waals surface area (Å²) in [6, 6.07) is 18.9. The molecule has 0 bridgehead atoms. The number of allylic oxidation sites excluding steroid dienone is 6. The van der Waals surface area contributed by atoms with Crippen LogP contribution >= 0.6 is 11.3 Å². The Bertz CT molecular complexity index is 1280. The molecule has 2 heterocycles. The van der Waals surface area contributed by atoms with Crippen LogP contribution in [0.3, 0.4) is 0 Å². The molecule has 0 N–H and O–H groups in total. The van der Waals surface area contributed by atoms with Crippen molar-refractivity contribution in [2.75, 3.05) is 18.0 Å². The summed E-state index contributed by atoms with van der Waals surface area (Å²) in [5.74, 6) is 1.45. The topological polar surface area (TPSA) is 49.2 Å². The summed E-state index contributed by atoms with van der Waals surface area (Å²) in [6.45, 7) is 8.47. The number of benzene rings is 2. The molecule has 1 aromatic heterocycles. The highest BCUT2D eigenvalue weighted by molar-refractivity contribution is 7.19. The Morgan fingerprint density at radius 2 is 1.76 bits per heavy atom. The van der Waals surface area contributed by atoms with E-state index in [-0.39, 0.29) is 0 Å². The zero-order valence-electron chi connectivity index (χ0n) is 19.9. The third-order valence-corrected chi connectivity index (χ3v) is 6.58. The van der Waals surface area contributed by atoms with Crippen molar-refractivity contribution in [3.05, 3.63) is 94.4 Å². The molecule has 0 spiro atoms. The Morgan fingerprint density at radius 1 is 1.03 bits per heavy atom. The van der Waals surface area contributed by atoms with E-state index in [1.165, 1.54) is 17.0 Å². The third kappa shape index (κ3) is 5.47. The number of rotatable bonds is 8. The minimum absolute atomic E-state index is 0.561. The Balaban J connectivity index is 1.58. The van der Waals surface area contributed by atoms with Gasteiger partial charge in [0.25, 0.3) is 0 Å². The molecule has 1 aliphatic heterocycles. The fraction of sp³-hybridized carbons (Fsp3) is 0.241. The Labute approximate surface area is 205 Å². The van der Waals surface area contributed by atoms with Gasteiger partial charge in [0, 0.05) is 24.4 Å². The largest absolute Gasteiger partial charge is 0.462 e. The molecule has 0 saturated heterocycles. The standard InChI is InChI=1S/C29H29N3OS/c1-4-16-32(17-5-2)24-13-10-22(11-14-24)12-15-25-19-23(18-21(3)33-25)26(20-30)29-31-27-8-6-7-9-28(27)34-29/h6-15,18-19H,4-5,16-17H2,1-3H3/b15-12+,26-23-. The molecule has 4 rings (SSSR count). The average Bonchev–Trinajstić information content (AvgIpc) is 3.27. The normalized spacial score (nSPS) is 15.0. The lowest BCUT2D eigenvalue weighted by Crippen LogP contribution is -2.24. The van der Waals surface area contributed by atoms with Crippen molar-refractivity contribution in [1.29, 1.82) is 5.26 Å². The van der Waals surface area contributed by atoms with E-state index in [1.807, 2.05) is 55.5 Å². The quantitative estimate of drug-likeness (QED) is 0.318. The molecule has 1 aliphatic rings. The molecule has 172 valence electrons. The molecule has 5 heteroatoms. The van der Waals surface area contributed by atoms with E-state index in [4.69, 9.17) is 4.74 Å². The number of thiazole rings is 1. The molecule has 0 radical (unpaired) electrons. The van der Waals surface area contributed by atoms with Gasteiger partial charge in [0.1, 0.15) is 22.6 Å². The van der Waals surface area contributed by atoms with E-state index in [0.717, 1.165) is 58.1 Å². The molecule has 3 aromatic rings. The number of aromatic nitrogens is 1. The van der Waals surface area contributed by atoms with Crippen molar-refractivity contribution in [1.82, 2.24) is 4.98 Å². The van der Waals surface area contributed by atoms with Crippen LogP contribution in [0.4, 0.5) is 5.69 Å². The van der Waals surface area contributed by atoms with E-state index in [2.05, 4.69) is 54.1 Å². The first kappa shape index (κ1) is 23.5. The van der Waals surface area contributed by atoms with Crippen LogP contribution in [0.25, 0.3) is 21.9 Å². The summed E-state index contributed by atoms with van der Waals surface area (Å²) in [5, 5.41) is 10.6. The van der Waals surface area contributed by atoms with Crippen molar-refractivity contribution in [3.63, 3.8) is 0 Å². The summed E-state index contributed by atoms with van der Waals surface area (Å²) < 4.78 is 6.99. The van der Waals surface area contributed by atoms with Gasteiger partial charge in [-0.1, -0.05) is 44.2 Å². The van der Waals surface area contributed by atoms with Crippen LogP contribution < -0.4 is 4.90 Å². The number of ether oxygens (including phenoxy) is 1.